The van der Waals surface area contributed by atoms with Gasteiger partial charge < -0.3 is 4.90 Å². The second-order valence-corrected chi connectivity index (χ2v) is 5.11. The Morgan fingerprint density at radius 2 is 2.12 bits per heavy atom. The minimum Gasteiger partial charge on any atom is -0.304 e. The van der Waals surface area contributed by atoms with Crippen molar-refractivity contribution < 1.29 is 0 Å². The number of nitrogens with one attached hydrogen (secondary N) is 1. The highest BCUT2D eigenvalue weighted by molar-refractivity contribution is 5.08. The third kappa shape index (κ3) is 1.53. The number of allylic oxidation sites excluding steroid dienone is 2. The molecule has 0 aromatic rings. The van der Waals surface area contributed by atoms with Crippen LogP contribution in [0.1, 0.15) is 19.3 Å². The minimum absolute atomic E-state index is 0.372. The maximum atomic E-state index is 3.30. The fraction of sp³-hybridized carbons (Fsp3) is 0.667. The molecule has 0 amide bonds. The summed E-state index contributed by atoms with van der Waals surface area (Å²) in [6.45, 7) is 3.59. The Bertz CT molecular complexity index is 325. The Balaban J connectivity index is 1.79. The molecule has 4 nitrogen and oxygen atoms in total. The van der Waals surface area contributed by atoms with Crippen molar-refractivity contribution in [3.05, 3.63) is 24.6 Å². The molecule has 1 N–H and O–H groups in total. The molecule has 3 aliphatic rings. The zero-order valence-electron chi connectivity index (χ0n) is 9.89. The van der Waals surface area contributed by atoms with Gasteiger partial charge in [0.1, 0.15) is 0 Å². The molecule has 2 fully saturated rings. The van der Waals surface area contributed by atoms with Gasteiger partial charge in [-0.2, -0.15) is 5.01 Å². The van der Waals surface area contributed by atoms with E-state index in [1.807, 2.05) is 12.3 Å². The zero-order chi connectivity index (χ0) is 11.0. The molecular formula is C12H20N4. The van der Waals surface area contributed by atoms with E-state index < -0.39 is 0 Å². The molecule has 3 rings (SSSR count). The lowest BCUT2D eigenvalue weighted by atomic mass is 9.96. The van der Waals surface area contributed by atoms with Gasteiger partial charge in [-0.3, -0.25) is 5.43 Å². The van der Waals surface area contributed by atoms with E-state index in [2.05, 4.69) is 39.8 Å². The largest absolute Gasteiger partial charge is 0.304 e. The van der Waals surface area contributed by atoms with Crippen LogP contribution in [0, 0.1) is 0 Å². The molecule has 1 atom stereocenters. The number of likely N-dealkylation sites (N-methyl/N-ethyl adjacent to an activating group) is 1. The van der Waals surface area contributed by atoms with E-state index in [4.69, 9.17) is 0 Å². The Morgan fingerprint density at radius 1 is 1.19 bits per heavy atom. The molecule has 0 bridgehead atoms. The summed E-state index contributed by atoms with van der Waals surface area (Å²) in [4.78, 5) is 2.45. The van der Waals surface area contributed by atoms with Gasteiger partial charge in [0.2, 0.25) is 0 Å². The fourth-order valence-corrected chi connectivity index (χ4v) is 3.23. The van der Waals surface area contributed by atoms with Crippen LogP contribution in [-0.4, -0.2) is 47.2 Å². The number of likely N-dealkylation sites (tertiary alicyclic amines) is 1. The highest BCUT2D eigenvalue weighted by atomic mass is 15.8. The lowest BCUT2D eigenvalue weighted by Crippen LogP contribution is -2.56. The normalized spacial score (nSPS) is 35.2. The second kappa shape index (κ2) is 3.79. The lowest BCUT2D eigenvalue weighted by Gasteiger charge is -2.42. The summed E-state index contributed by atoms with van der Waals surface area (Å²) >= 11 is 0. The Labute approximate surface area is 97.1 Å². The van der Waals surface area contributed by atoms with Crippen LogP contribution in [0.15, 0.2) is 24.6 Å². The summed E-state index contributed by atoms with van der Waals surface area (Å²) in [5.74, 6) is 0. The Kier molecular flexibility index (Phi) is 2.41. The molecule has 4 heteroatoms. The maximum absolute atomic E-state index is 3.30. The third-order valence-corrected chi connectivity index (χ3v) is 3.98. The minimum atomic E-state index is 0.372. The molecule has 0 aromatic heterocycles. The van der Waals surface area contributed by atoms with Crippen molar-refractivity contribution in [2.45, 2.75) is 24.8 Å². The average molecular weight is 220 g/mol. The molecule has 3 heterocycles. The van der Waals surface area contributed by atoms with Gasteiger partial charge in [-0.1, -0.05) is 0 Å². The summed E-state index contributed by atoms with van der Waals surface area (Å²) in [5, 5.41) is 4.67. The van der Waals surface area contributed by atoms with Gasteiger partial charge >= 0.3 is 0 Å². The molecule has 0 aromatic carbocycles. The van der Waals surface area contributed by atoms with Gasteiger partial charge in [0.05, 0.1) is 5.54 Å². The van der Waals surface area contributed by atoms with Crippen molar-refractivity contribution in [2.75, 3.05) is 26.7 Å². The molecule has 1 unspecified atom stereocenters. The standard InChI is InChI=1S/C12H20N4/c1-14-10-6-12(11-14)5-4-8-15(12)16-9-3-2-7-13-16/h2-3,7,9,13H,4-6,8,10-11H2,1H3. The Hall–Kier alpha value is -1.00. The van der Waals surface area contributed by atoms with E-state index in [0.29, 0.717) is 5.54 Å². The van der Waals surface area contributed by atoms with E-state index in [1.54, 1.807) is 0 Å². The summed E-state index contributed by atoms with van der Waals surface area (Å²) in [6.07, 6.45) is 12.1. The number of hydrazine groups is 2. The first kappa shape index (κ1) is 10.2. The van der Waals surface area contributed by atoms with E-state index in [9.17, 15) is 0 Å². The van der Waals surface area contributed by atoms with Crippen LogP contribution in [0.5, 0.6) is 0 Å². The van der Waals surface area contributed by atoms with Crippen LogP contribution in [0.2, 0.25) is 0 Å². The first-order valence-corrected chi connectivity index (χ1v) is 6.15. The zero-order valence-corrected chi connectivity index (χ0v) is 9.89. The topological polar surface area (TPSA) is 21.8 Å². The van der Waals surface area contributed by atoms with Gasteiger partial charge in [-0.05, 0) is 45.0 Å². The van der Waals surface area contributed by atoms with E-state index in [-0.39, 0.29) is 0 Å². The van der Waals surface area contributed by atoms with Crippen molar-refractivity contribution in [2.24, 2.45) is 0 Å². The predicted octanol–water partition coefficient (Wildman–Crippen LogP) is 0.919. The second-order valence-electron chi connectivity index (χ2n) is 5.11. The summed E-state index contributed by atoms with van der Waals surface area (Å²) in [5.41, 5.74) is 3.67. The molecule has 16 heavy (non-hydrogen) atoms. The van der Waals surface area contributed by atoms with Crippen molar-refractivity contribution in [1.82, 2.24) is 20.5 Å². The summed E-state index contributed by atoms with van der Waals surface area (Å²) < 4.78 is 0. The van der Waals surface area contributed by atoms with Crippen LogP contribution < -0.4 is 5.43 Å². The third-order valence-electron chi connectivity index (χ3n) is 3.98. The van der Waals surface area contributed by atoms with Crippen molar-refractivity contribution in [3.63, 3.8) is 0 Å². The quantitative estimate of drug-likeness (QED) is 0.709. The molecule has 88 valence electrons. The first-order valence-electron chi connectivity index (χ1n) is 6.15. The molecule has 0 radical (unpaired) electrons. The van der Waals surface area contributed by atoms with E-state index in [1.165, 1.54) is 38.9 Å². The molecule has 1 spiro atoms. The fourth-order valence-electron chi connectivity index (χ4n) is 3.23. The molecular weight excluding hydrogens is 200 g/mol. The smallest absolute Gasteiger partial charge is 0.0561 e. The number of rotatable bonds is 1. The number of nitrogens with zero attached hydrogens (tertiary/aromatic N) is 3. The first-order chi connectivity index (χ1) is 7.80. The Morgan fingerprint density at radius 3 is 2.81 bits per heavy atom. The van der Waals surface area contributed by atoms with E-state index in [0.717, 1.165) is 0 Å². The molecule has 0 aliphatic carbocycles. The molecule has 2 saturated heterocycles. The van der Waals surface area contributed by atoms with E-state index >= 15 is 0 Å². The van der Waals surface area contributed by atoms with Crippen molar-refractivity contribution in [1.29, 1.82) is 0 Å². The number of hydrogen-bond donors (Lipinski definition) is 1. The highest BCUT2D eigenvalue weighted by Crippen LogP contribution is 2.37. The summed E-state index contributed by atoms with van der Waals surface area (Å²) in [7, 11) is 2.23. The summed E-state index contributed by atoms with van der Waals surface area (Å²) in [6, 6.07) is 0. The van der Waals surface area contributed by atoms with Gasteiger partial charge in [0.15, 0.2) is 0 Å². The molecule has 3 aliphatic heterocycles. The number of hydrogen-bond acceptors (Lipinski definition) is 4. The molecule has 0 saturated carbocycles. The van der Waals surface area contributed by atoms with Crippen LogP contribution in [0.4, 0.5) is 0 Å². The average Bonchev–Trinajstić information content (AvgIpc) is 2.88. The predicted molar refractivity (Wildman–Crippen MR) is 64.0 cm³/mol. The van der Waals surface area contributed by atoms with Crippen LogP contribution in [-0.2, 0) is 0 Å². The highest BCUT2D eigenvalue weighted by Gasteiger charge is 2.47. The van der Waals surface area contributed by atoms with Crippen molar-refractivity contribution >= 4 is 0 Å². The van der Waals surface area contributed by atoms with Gasteiger partial charge in [-0.25, -0.2) is 5.12 Å². The van der Waals surface area contributed by atoms with Gasteiger partial charge in [0, 0.05) is 25.5 Å². The van der Waals surface area contributed by atoms with Gasteiger partial charge in [-0.15, -0.1) is 0 Å². The van der Waals surface area contributed by atoms with Crippen LogP contribution in [0.3, 0.4) is 0 Å². The van der Waals surface area contributed by atoms with Crippen molar-refractivity contribution in [3.8, 4) is 0 Å². The monoisotopic (exact) mass is 220 g/mol. The lowest BCUT2D eigenvalue weighted by molar-refractivity contribution is -0.0690. The SMILES string of the molecule is CN1CCC2(CCCN2N2C=CC=CN2)C1. The van der Waals surface area contributed by atoms with Crippen LogP contribution >= 0.6 is 0 Å². The van der Waals surface area contributed by atoms with Crippen LogP contribution in [0.25, 0.3) is 0 Å². The van der Waals surface area contributed by atoms with Gasteiger partial charge in [0.25, 0.3) is 0 Å². The maximum Gasteiger partial charge on any atom is 0.0561 e.